The number of aliphatic hydroxyl groups excluding tert-OH is 1. The van der Waals surface area contributed by atoms with E-state index in [1.54, 1.807) is 0 Å². The minimum Gasteiger partial charge on any atom is -0.394 e. The minimum atomic E-state index is -0.416. The van der Waals surface area contributed by atoms with Crippen molar-refractivity contribution in [2.45, 2.75) is 58.1 Å². The van der Waals surface area contributed by atoms with Crippen molar-refractivity contribution in [1.29, 1.82) is 0 Å². The second-order valence-electron chi connectivity index (χ2n) is 6.24. The lowest BCUT2D eigenvalue weighted by Crippen LogP contribution is -2.47. The van der Waals surface area contributed by atoms with E-state index in [0.29, 0.717) is 6.61 Å². The molecule has 0 saturated carbocycles. The molecule has 0 heterocycles. The molecule has 0 amide bonds. The molecule has 0 bridgehead atoms. The molecule has 3 nitrogen and oxygen atoms in total. The summed E-state index contributed by atoms with van der Waals surface area (Å²) in [4.78, 5) is 0. The van der Waals surface area contributed by atoms with Crippen molar-refractivity contribution in [3.05, 3.63) is 35.9 Å². The highest BCUT2D eigenvalue weighted by Gasteiger charge is 2.31. The van der Waals surface area contributed by atoms with Gasteiger partial charge in [-0.1, -0.05) is 44.2 Å². The maximum atomic E-state index is 10.0. The Morgan fingerprint density at radius 2 is 1.81 bits per heavy atom. The minimum absolute atomic E-state index is 0.0763. The number of ether oxygens (including phenoxy) is 1. The summed E-state index contributed by atoms with van der Waals surface area (Å²) < 4.78 is 5.99. The van der Waals surface area contributed by atoms with Crippen molar-refractivity contribution in [3.8, 4) is 0 Å². The third-order valence-corrected chi connectivity index (χ3v) is 4.18. The van der Waals surface area contributed by atoms with Crippen LogP contribution < -0.4 is 5.32 Å². The van der Waals surface area contributed by atoms with Gasteiger partial charge in [0.2, 0.25) is 0 Å². The van der Waals surface area contributed by atoms with Gasteiger partial charge in [0.1, 0.15) is 0 Å². The molecule has 1 aromatic rings. The maximum absolute atomic E-state index is 10.0. The molecule has 0 radical (unpaired) electrons. The topological polar surface area (TPSA) is 41.5 Å². The Hall–Kier alpha value is -0.900. The van der Waals surface area contributed by atoms with Gasteiger partial charge in [0, 0.05) is 6.61 Å². The van der Waals surface area contributed by atoms with Crippen LogP contribution in [0.2, 0.25) is 0 Å². The third-order valence-electron chi connectivity index (χ3n) is 4.18. The Kier molecular flexibility index (Phi) is 7.36. The predicted octanol–water partition coefficient (Wildman–Crippen LogP) is 3.47. The molecule has 0 aliphatic rings. The highest BCUT2D eigenvalue weighted by atomic mass is 16.5. The monoisotopic (exact) mass is 293 g/mol. The van der Waals surface area contributed by atoms with E-state index in [-0.39, 0.29) is 12.2 Å². The molecule has 1 rings (SSSR count). The molecule has 0 saturated heterocycles. The van der Waals surface area contributed by atoms with Gasteiger partial charge < -0.3 is 15.2 Å². The molecular weight excluding hydrogens is 262 g/mol. The lowest BCUT2D eigenvalue weighted by atomic mass is 9.87. The fourth-order valence-corrected chi connectivity index (χ4v) is 2.29. The summed E-state index contributed by atoms with van der Waals surface area (Å²) in [5.74, 6) is 0. The first-order valence-electron chi connectivity index (χ1n) is 8.05. The van der Waals surface area contributed by atoms with E-state index >= 15 is 0 Å². The van der Waals surface area contributed by atoms with Gasteiger partial charge in [-0.2, -0.15) is 0 Å². The van der Waals surface area contributed by atoms with Crippen molar-refractivity contribution < 1.29 is 9.84 Å². The molecular formula is C18H31NO2. The molecule has 0 aromatic heterocycles. The lowest BCUT2D eigenvalue weighted by molar-refractivity contribution is -0.0342. The van der Waals surface area contributed by atoms with Gasteiger partial charge in [0.15, 0.2) is 0 Å². The summed E-state index contributed by atoms with van der Waals surface area (Å²) in [6.45, 7) is 10.1. The zero-order chi connectivity index (χ0) is 15.8. The second kappa shape index (κ2) is 8.52. The molecule has 120 valence electrons. The first kappa shape index (κ1) is 18.1. The van der Waals surface area contributed by atoms with Crippen molar-refractivity contribution in [1.82, 2.24) is 5.32 Å². The molecule has 0 fully saturated rings. The molecule has 0 aliphatic heterocycles. The molecule has 1 unspecified atom stereocenters. The quantitative estimate of drug-likeness (QED) is 0.694. The average Bonchev–Trinajstić information content (AvgIpc) is 2.51. The van der Waals surface area contributed by atoms with E-state index in [1.165, 1.54) is 0 Å². The summed E-state index contributed by atoms with van der Waals surface area (Å²) in [6, 6.07) is 10.2. The summed E-state index contributed by atoms with van der Waals surface area (Å²) in [7, 11) is 0. The number of nitrogens with one attached hydrogen (secondary N) is 1. The summed E-state index contributed by atoms with van der Waals surface area (Å²) in [6.07, 6.45) is 2.78. The molecule has 1 atom stereocenters. The first-order chi connectivity index (χ1) is 9.99. The van der Waals surface area contributed by atoms with Crippen LogP contribution in [0.5, 0.6) is 0 Å². The van der Waals surface area contributed by atoms with E-state index in [0.717, 1.165) is 31.4 Å². The second-order valence-corrected chi connectivity index (χ2v) is 6.24. The molecule has 1 aromatic carbocycles. The number of benzene rings is 1. The Bertz CT molecular complexity index is 391. The van der Waals surface area contributed by atoms with Crippen LogP contribution >= 0.6 is 0 Å². The van der Waals surface area contributed by atoms with Crippen LogP contribution in [0, 0.1) is 0 Å². The van der Waals surface area contributed by atoms with Crippen LogP contribution in [0.1, 0.15) is 52.5 Å². The van der Waals surface area contributed by atoms with Gasteiger partial charge in [-0.05, 0) is 45.2 Å². The van der Waals surface area contributed by atoms with E-state index in [1.807, 2.05) is 18.2 Å². The van der Waals surface area contributed by atoms with Crippen LogP contribution in [-0.4, -0.2) is 30.5 Å². The zero-order valence-corrected chi connectivity index (χ0v) is 14.0. The Labute approximate surface area is 129 Å². The summed E-state index contributed by atoms with van der Waals surface area (Å²) >= 11 is 0. The molecule has 2 N–H and O–H groups in total. The standard InChI is InChI=1S/C18H31NO2/c1-5-13-19-18(15-20,16-10-8-7-9-11-16)12-14-21-17(3,4)6-2/h7-11,19-20H,5-6,12-15H2,1-4H3. The van der Waals surface area contributed by atoms with E-state index in [2.05, 4.69) is 45.1 Å². The number of hydrogen-bond donors (Lipinski definition) is 2. The van der Waals surface area contributed by atoms with E-state index in [4.69, 9.17) is 4.74 Å². The van der Waals surface area contributed by atoms with Crippen LogP contribution in [0.25, 0.3) is 0 Å². The van der Waals surface area contributed by atoms with Gasteiger partial charge >= 0.3 is 0 Å². The zero-order valence-electron chi connectivity index (χ0n) is 14.0. The van der Waals surface area contributed by atoms with Crippen molar-refractivity contribution >= 4 is 0 Å². The Morgan fingerprint density at radius 3 is 2.33 bits per heavy atom. The number of aliphatic hydroxyl groups is 1. The fraction of sp³-hybridized carbons (Fsp3) is 0.667. The van der Waals surface area contributed by atoms with Crippen LogP contribution in [0.4, 0.5) is 0 Å². The largest absolute Gasteiger partial charge is 0.394 e. The Morgan fingerprint density at radius 1 is 1.14 bits per heavy atom. The number of hydrogen-bond acceptors (Lipinski definition) is 3. The average molecular weight is 293 g/mol. The summed E-state index contributed by atoms with van der Waals surface area (Å²) in [5, 5.41) is 13.5. The highest BCUT2D eigenvalue weighted by molar-refractivity contribution is 5.24. The lowest BCUT2D eigenvalue weighted by Gasteiger charge is -2.35. The van der Waals surface area contributed by atoms with Crippen LogP contribution in [0.3, 0.4) is 0 Å². The normalized spacial score (nSPS) is 14.9. The van der Waals surface area contributed by atoms with Crippen molar-refractivity contribution in [2.75, 3.05) is 19.8 Å². The predicted molar refractivity (Wildman–Crippen MR) is 88.4 cm³/mol. The smallest absolute Gasteiger partial charge is 0.0691 e. The SMILES string of the molecule is CCCNC(CO)(CCOC(C)(C)CC)c1ccccc1. The highest BCUT2D eigenvalue weighted by Crippen LogP contribution is 2.26. The van der Waals surface area contributed by atoms with Crippen LogP contribution in [0.15, 0.2) is 30.3 Å². The first-order valence-corrected chi connectivity index (χ1v) is 8.05. The Balaban J connectivity index is 2.81. The number of rotatable bonds is 10. The third kappa shape index (κ3) is 5.42. The van der Waals surface area contributed by atoms with Gasteiger partial charge in [-0.15, -0.1) is 0 Å². The molecule has 0 spiro atoms. The summed E-state index contributed by atoms with van der Waals surface area (Å²) in [5.41, 5.74) is 0.600. The van der Waals surface area contributed by atoms with E-state index < -0.39 is 5.54 Å². The van der Waals surface area contributed by atoms with Gasteiger partial charge in [-0.25, -0.2) is 0 Å². The van der Waals surface area contributed by atoms with E-state index in [9.17, 15) is 5.11 Å². The van der Waals surface area contributed by atoms with Gasteiger partial charge in [0.25, 0.3) is 0 Å². The molecule has 21 heavy (non-hydrogen) atoms. The fourth-order valence-electron chi connectivity index (χ4n) is 2.29. The molecule has 0 aliphatic carbocycles. The van der Waals surface area contributed by atoms with Crippen LogP contribution in [-0.2, 0) is 10.3 Å². The maximum Gasteiger partial charge on any atom is 0.0691 e. The van der Waals surface area contributed by atoms with Gasteiger partial charge in [-0.3, -0.25) is 0 Å². The van der Waals surface area contributed by atoms with Crippen molar-refractivity contribution in [2.24, 2.45) is 0 Å². The van der Waals surface area contributed by atoms with Gasteiger partial charge in [0.05, 0.1) is 17.7 Å². The molecule has 3 heteroatoms. The van der Waals surface area contributed by atoms with Crippen molar-refractivity contribution in [3.63, 3.8) is 0 Å².